The lowest BCUT2D eigenvalue weighted by Crippen LogP contribution is -2.18. The minimum absolute atomic E-state index is 0.0801. The normalized spacial score (nSPS) is 14.5. The van der Waals surface area contributed by atoms with E-state index in [0.717, 1.165) is 4.90 Å². The summed E-state index contributed by atoms with van der Waals surface area (Å²) in [6, 6.07) is 7.58. The van der Waals surface area contributed by atoms with Crippen molar-refractivity contribution in [3.8, 4) is 5.75 Å². The lowest BCUT2D eigenvalue weighted by molar-refractivity contribution is -0.132. The summed E-state index contributed by atoms with van der Waals surface area (Å²) in [6.45, 7) is 7.83. The van der Waals surface area contributed by atoms with Crippen molar-refractivity contribution < 1.29 is 9.53 Å². The van der Waals surface area contributed by atoms with Crippen LogP contribution in [0.4, 0.5) is 0 Å². The summed E-state index contributed by atoms with van der Waals surface area (Å²) >= 11 is 5.37. The van der Waals surface area contributed by atoms with E-state index in [9.17, 15) is 4.79 Å². The van der Waals surface area contributed by atoms with Crippen molar-refractivity contribution >= 4 is 33.7 Å². The Hall–Kier alpha value is -0.480. The van der Waals surface area contributed by atoms with Crippen molar-refractivity contribution in [2.75, 3.05) is 0 Å². The van der Waals surface area contributed by atoms with E-state index in [1.807, 2.05) is 24.3 Å². The molecule has 0 aliphatic heterocycles. The molecule has 4 heteroatoms. The molecule has 1 atom stereocenters. The van der Waals surface area contributed by atoms with E-state index in [1.165, 1.54) is 6.92 Å². The molecule has 0 aromatic heterocycles. The first kappa shape index (κ1) is 14.6. The second-order valence-electron chi connectivity index (χ2n) is 4.28. The smallest absolute Gasteiger partial charge is 0.308 e. The van der Waals surface area contributed by atoms with Crippen LogP contribution in [0, 0.1) is 5.92 Å². The van der Waals surface area contributed by atoms with E-state index in [0.29, 0.717) is 11.7 Å². The van der Waals surface area contributed by atoms with Gasteiger partial charge < -0.3 is 4.74 Å². The SMILES string of the molecule is CC(=O)Oc1ccccc1SC(C)(Br)C(C)C. The molecule has 0 bridgehead atoms. The van der Waals surface area contributed by atoms with Gasteiger partial charge in [0, 0.05) is 6.92 Å². The van der Waals surface area contributed by atoms with Crippen molar-refractivity contribution in [3.63, 3.8) is 0 Å². The quantitative estimate of drug-likeness (QED) is 0.355. The zero-order valence-corrected chi connectivity index (χ0v) is 12.9. The van der Waals surface area contributed by atoms with E-state index < -0.39 is 0 Å². The molecule has 0 fully saturated rings. The highest BCUT2D eigenvalue weighted by atomic mass is 79.9. The number of esters is 1. The molecular weight excluding hydrogens is 300 g/mol. The van der Waals surface area contributed by atoms with E-state index in [2.05, 4.69) is 36.7 Å². The summed E-state index contributed by atoms with van der Waals surface area (Å²) in [6.07, 6.45) is 0. The first-order valence-corrected chi connectivity index (χ1v) is 7.09. The first-order chi connectivity index (χ1) is 7.83. The molecule has 2 nitrogen and oxygen atoms in total. The highest BCUT2D eigenvalue weighted by Gasteiger charge is 2.27. The maximum atomic E-state index is 11.0. The Balaban J connectivity index is 2.94. The third kappa shape index (κ3) is 4.36. The molecule has 0 N–H and O–H groups in total. The number of carbonyl (C=O) groups excluding carboxylic acids is 1. The van der Waals surface area contributed by atoms with E-state index >= 15 is 0 Å². The van der Waals surface area contributed by atoms with Crippen LogP contribution in [-0.2, 0) is 4.79 Å². The topological polar surface area (TPSA) is 26.3 Å². The number of alkyl halides is 1. The number of carbonyl (C=O) groups is 1. The number of benzene rings is 1. The van der Waals surface area contributed by atoms with Crippen molar-refractivity contribution in [1.29, 1.82) is 0 Å². The van der Waals surface area contributed by atoms with Gasteiger partial charge in [-0.2, -0.15) is 0 Å². The van der Waals surface area contributed by atoms with Crippen LogP contribution in [-0.4, -0.2) is 9.63 Å². The van der Waals surface area contributed by atoms with Crippen LogP contribution in [0.5, 0.6) is 5.75 Å². The van der Waals surface area contributed by atoms with Gasteiger partial charge >= 0.3 is 5.97 Å². The van der Waals surface area contributed by atoms with Crippen molar-refractivity contribution in [3.05, 3.63) is 24.3 Å². The molecule has 0 amide bonds. The van der Waals surface area contributed by atoms with E-state index in [1.54, 1.807) is 11.8 Å². The predicted molar refractivity (Wildman–Crippen MR) is 75.8 cm³/mol. The standard InChI is InChI=1S/C13H17BrO2S/c1-9(2)13(4,14)17-12-8-6-5-7-11(12)16-10(3)15/h5-9H,1-4H3. The van der Waals surface area contributed by atoms with Gasteiger partial charge in [-0.25, -0.2) is 0 Å². The monoisotopic (exact) mass is 316 g/mol. The van der Waals surface area contributed by atoms with Crippen molar-refractivity contribution in [2.24, 2.45) is 5.92 Å². The molecule has 17 heavy (non-hydrogen) atoms. The fourth-order valence-electron chi connectivity index (χ4n) is 1.11. The Bertz CT molecular complexity index is 402. The van der Waals surface area contributed by atoms with Gasteiger partial charge in [0.2, 0.25) is 0 Å². The molecule has 0 aliphatic rings. The number of para-hydroxylation sites is 1. The van der Waals surface area contributed by atoms with Gasteiger partial charge in [0.05, 0.1) is 8.55 Å². The van der Waals surface area contributed by atoms with Gasteiger partial charge in [-0.1, -0.05) is 41.9 Å². The van der Waals surface area contributed by atoms with Crippen LogP contribution in [0.15, 0.2) is 29.2 Å². The third-order valence-electron chi connectivity index (χ3n) is 2.44. The van der Waals surface area contributed by atoms with Gasteiger partial charge in [0.1, 0.15) is 5.75 Å². The maximum absolute atomic E-state index is 11.0. The average Bonchev–Trinajstić information content (AvgIpc) is 2.19. The molecule has 0 spiro atoms. The van der Waals surface area contributed by atoms with Crippen LogP contribution >= 0.6 is 27.7 Å². The maximum Gasteiger partial charge on any atom is 0.308 e. The molecule has 0 heterocycles. The average molecular weight is 317 g/mol. The second kappa shape index (κ2) is 5.91. The highest BCUT2D eigenvalue weighted by Crippen LogP contribution is 2.46. The highest BCUT2D eigenvalue weighted by molar-refractivity contribution is 9.11. The van der Waals surface area contributed by atoms with Crippen LogP contribution in [0.25, 0.3) is 0 Å². The molecule has 0 aliphatic carbocycles. The summed E-state index contributed by atoms with van der Waals surface area (Å²) < 4.78 is 5.11. The number of hydrogen-bond donors (Lipinski definition) is 0. The third-order valence-corrected chi connectivity index (χ3v) is 5.27. The largest absolute Gasteiger partial charge is 0.426 e. The lowest BCUT2D eigenvalue weighted by Gasteiger charge is -2.26. The molecule has 1 aromatic carbocycles. The summed E-state index contributed by atoms with van der Waals surface area (Å²) in [4.78, 5) is 12.0. The van der Waals surface area contributed by atoms with Gasteiger partial charge in [0.15, 0.2) is 0 Å². The predicted octanol–water partition coefficient (Wildman–Crippen LogP) is 4.47. The Morgan fingerprint density at radius 1 is 1.41 bits per heavy atom. The zero-order valence-electron chi connectivity index (χ0n) is 10.5. The van der Waals surface area contributed by atoms with Crippen molar-refractivity contribution in [2.45, 2.75) is 36.2 Å². The molecule has 94 valence electrons. The number of thioether (sulfide) groups is 1. The Morgan fingerprint density at radius 2 is 2.00 bits per heavy atom. The second-order valence-corrected chi connectivity index (χ2v) is 7.95. The fraction of sp³-hybridized carbons (Fsp3) is 0.462. The summed E-state index contributed by atoms with van der Waals surface area (Å²) in [5.74, 6) is 0.785. The lowest BCUT2D eigenvalue weighted by atomic mass is 10.1. The van der Waals surface area contributed by atoms with E-state index in [4.69, 9.17) is 4.74 Å². The van der Waals surface area contributed by atoms with Gasteiger partial charge in [-0.3, -0.25) is 4.79 Å². The molecular formula is C13H17BrO2S. The Kier molecular flexibility index (Phi) is 5.07. The minimum atomic E-state index is -0.293. The fourth-order valence-corrected chi connectivity index (χ4v) is 2.65. The van der Waals surface area contributed by atoms with Crippen LogP contribution < -0.4 is 4.74 Å². The molecule has 1 aromatic rings. The summed E-state index contributed by atoms with van der Waals surface area (Å²) in [5, 5.41) is 0. The molecule has 0 saturated carbocycles. The van der Waals surface area contributed by atoms with Crippen LogP contribution in [0.3, 0.4) is 0 Å². The summed E-state index contributed by atoms with van der Waals surface area (Å²) in [7, 11) is 0. The molecule has 1 unspecified atom stereocenters. The molecule has 0 saturated heterocycles. The number of rotatable bonds is 4. The minimum Gasteiger partial charge on any atom is -0.426 e. The summed E-state index contributed by atoms with van der Waals surface area (Å²) in [5.41, 5.74) is 0. The van der Waals surface area contributed by atoms with Crippen LogP contribution in [0.1, 0.15) is 27.7 Å². The van der Waals surface area contributed by atoms with Gasteiger partial charge in [-0.15, -0.1) is 11.8 Å². The molecule has 1 rings (SSSR count). The zero-order chi connectivity index (χ0) is 13.1. The number of ether oxygens (including phenoxy) is 1. The molecule has 0 radical (unpaired) electrons. The Labute approximate surface area is 115 Å². The first-order valence-electron chi connectivity index (χ1n) is 5.48. The van der Waals surface area contributed by atoms with Crippen LogP contribution in [0.2, 0.25) is 0 Å². The Morgan fingerprint density at radius 3 is 2.53 bits per heavy atom. The van der Waals surface area contributed by atoms with Crippen molar-refractivity contribution in [1.82, 2.24) is 0 Å². The number of hydrogen-bond acceptors (Lipinski definition) is 3. The van der Waals surface area contributed by atoms with E-state index in [-0.39, 0.29) is 9.63 Å². The number of halogens is 1. The van der Waals surface area contributed by atoms with Gasteiger partial charge in [-0.05, 0) is 25.0 Å². The van der Waals surface area contributed by atoms with Gasteiger partial charge in [0.25, 0.3) is 0 Å².